The first-order valence-corrected chi connectivity index (χ1v) is 9.09. The third kappa shape index (κ3) is 4.65. The van der Waals surface area contributed by atoms with Gasteiger partial charge in [-0.3, -0.25) is 9.69 Å². The molecule has 142 valence electrons. The number of nitrogens with zero attached hydrogens (tertiary/aromatic N) is 3. The fourth-order valence-electron chi connectivity index (χ4n) is 2.87. The van der Waals surface area contributed by atoms with Crippen molar-refractivity contribution < 1.29 is 13.6 Å². The molecule has 0 saturated heterocycles. The van der Waals surface area contributed by atoms with E-state index in [2.05, 4.69) is 28.9 Å². The Morgan fingerprint density at radius 2 is 1.89 bits per heavy atom. The van der Waals surface area contributed by atoms with E-state index >= 15 is 0 Å². The largest absolute Gasteiger partial charge is 0.468 e. The molecule has 6 heteroatoms. The maximum absolute atomic E-state index is 12.3. The molecule has 1 amide bonds. The van der Waals surface area contributed by atoms with E-state index < -0.39 is 0 Å². The lowest BCUT2D eigenvalue weighted by Gasteiger charge is -2.27. The molecular formula is C21H25N3O3. The van der Waals surface area contributed by atoms with Gasteiger partial charge >= 0.3 is 0 Å². The molecule has 0 aliphatic heterocycles. The van der Waals surface area contributed by atoms with Gasteiger partial charge in [0.15, 0.2) is 5.69 Å². The van der Waals surface area contributed by atoms with Gasteiger partial charge in [-0.2, -0.15) is 0 Å². The van der Waals surface area contributed by atoms with Crippen molar-refractivity contribution in [1.82, 2.24) is 14.8 Å². The molecule has 0 saturated carbocycles. The Morgan fingerprint density at radius 3 is 2.56 bits per heavy atom. The molecule has 27 heavy (non-hydrogen) atoms. The average molecular weight is 367 g/mol. The van der Waals surface area contributed by atoms with Gasteiger partial charge in [-0.25, -0.2) is 4.98 Å². The molecule has 3 rings (SSSR count). The Kier molecular flexibility index (Phi) is 6.08. The van der Waals surface area contributed by atoms with Crippen molar-refractivity contribution in [2.24, 2.45) is 0 Å². The Balaban J connectivity index is 1.79. The molecule has 0 aliphatic carbocycles. The van der Waals surface area contributed by atoms with Crippen LogP contribution in [0.15, 0.2) is 63.8 Å². The number of benzene rings is 1. The number of furan rings is 1. The van der Waals surface area contributed by atoms with Crippen molar-refractivity contribution in [3.63, 3.8) is 0 Å². The summed E-state index contributed by atoms with van der Waals surface area (Å²) in [5.74, 6) is 1.24. The second-order valence-corrected chi connectivity index (χ2v) is 6.52. The number of aromatic nitrogens is 1. The van der Waals surface area contributed by atoms with Crippen LogP contribution >= 0.6 is 0 Å². The molecule has 1 unspecified atom stereocenters. The van der Waals surface area contributed by atoms with Crippen LogP contribution < -0.4 is 0 Å². The van der Waals surface area contributed by atoms with E-state index in [0.717, 1.165) is 5.76 Å². The standard InChI is InChI=1S/C21H25N3O3/c1-4-23(3)21(25)19-15-27-20(22-19)14-24(13-18-11-8-12-26-18)16(2)17-9-6-5-7-10-17/h5-12,15-16H,4,13-14H2,1-3H3. The van der Waals surface area contributed by atoms with Crippen molar-refractivity contribution in [3.8, 4) is 0 Å². The van der Waals surface area contributed by atoms with Crippen LogP contribution in [0.4, 0.5) is 0 Å². The minimum absolute atomic E-state index is 0.126. The van der Waals surface area contributed by atoms with Gasteiger partial charge in [-0.15, -0.1) is 0 Å². The molecule has 6 nitrogen and oxygen atoms in total. The predicted molar refractivity (Wildman–Crippen MR) is 102 cm³/mol. The van der Waals surface area contributed by atoms with Gasteiger partial charge in [0.1, 0.15) is 12.0 Å². The zero-order chi connectivity index (χ0) is 19.2. The molecule has 0 fully saturated rings. The second kappa shape index (κ2) is 8.68. The summed E-state index contributed by atoms with van der Waals surface area (Å²) in [5, 5.41) is 0. The summed E-state index contributed by atoms with van der Waals surface area (Å²) < 4.78 is 11.1. The summed E-state index contributed by atoms with van der Waals surface area (Å²) >= 11 is 0. The number of hydrogen-bond acceptors (Lipinski definition) is 5. The smallest absolute Gasteiger partial charge is 0.275 e. The van der Waals surface area contributed by atoms with Gasteiger partial charge in [0.2, 0.25) is 5.89 Å². The molecule has 0 N–H and O–H groups in total. The topological polar surface area (TPSA) is 62.7 Å². The van der Waals surface area contributed by atoms with Crippen molar-refractivity contribution >= 4 is 5.91 Å². The highest BCUT2D eigenvalue weighted by atomic mass is 16.3. The van der Waals surface area contributed by atoms with E-state index in [1.807, 2.05) is 37.3 Å². The number of carbonyl (C=O) groups is 1. The van der Waals surface area contributed by atoms with Gasteiger partial charge in [0.05, 0.1) is 19.4 Å². The Morgan fingerprint density at radius 1 is 1.11 bits per heavy atom. The Hall–Kier alpha value is -2.86. The molecule has 0 radical (unpaired) electrons. The van der Waals surface area contributed by atoms with Crippen LogP contribution in [0.5, 0.6) is 0 Å². The van der Waals surface area contributed by atoms with Crippen LogP contribution in [0.25, 0.3) is 0 Å². The van der Waals surface area contributed by atoms with E-state index in [1.54, 1.807) is 18.2 Å². The van der Waals surface area contributed by atoms with Crippen LogP contribution in [-0.2, 0) is 13.1 Å². The average Bonchev–Trinajstić information content (AvgIpc) is 3.38. The van der Waals surface area contributed by atoms with E-state index in [1.165, 1.54) is 11.8 Å². The molecule has 1 aromatic carbocycles. The van der Waals surface area contributed by atoms with Gasteiger partial charge in [-0.1, -0.05) is 30.3 Å². The first-order valence-electron chi connectivity index (χ1n) is 9.09. The van der Waals surface area contributed by atoms with Gasteiger partial charge in [0, 0.05) is 19.6 Å². The first-order chi connectivity index (χ1) is 13.1. The zero-order valence-corrected chi connectivity index (χ0v) is 16.0. The maximum atomic E-state index is 12.3. The van der Waals surface area contributed by atoms with Crippen LogP contribution in [0, 0.1) is 0 Å². The van der Waals surface area contributed by atoms with E-state index in [0.29, 0.717) is 31.2 Å². The van der Waals surface area contributed by atoms with Crippen molar-refractivity contribution in [3.05, 3.63) is 77.9 Å². The Labute approximate surface area is 159 Å². The number of carbonyl (C=O) groups excluding carboxylic acids is 1. The highest BCUT2D eigenvalue weighted by Crippen LogP contribution is 2.24. The minimum Gasteiger partial charge on any atom is -0.468 e. The highest BCUT2D eigenvalue weighted by molar-refractivity contribution is 5.91. The van der Waals surface area contributed by atoms with Crippen LogP contribution in [-0.4, -0.2) is 34.3 Å². The fourth-order valence-corrected chi connectivity index (χ4v) is 2.87. The predicted octanol–water partition coefficient (Wildman–Crippen LogP) is 4.12. The zero-order valence-electron chi connectivity index (χ0n) is 16.0. The third-order valence-electron chi connectivity index (χ3n) is 4.70. The van der Waals surface area contributed by atoms with Crippen LogP contribution in [0.2, 0.25) is 0 Å². The second-order valence-electron chi connectivity index (χ2n) is 6.52. The normalized spacial score (nSPS) is 12.3. The highest BCUT2D eigenvalue weighted by Gasteiger charge is 2.22. The molecule has 2 aromatic heterocycles. The number of oxazole rings is 1. The third-order valence-corrected chi connectivity index (χ3v) is 4.70. The van der Waals surface area contributed by atoms with Gasteiger partial charge < -0.3 is 13.7 Å². The number of rotatable bonds is 8. The fraction of sp³-hybridized carbons (Fsp3) is 0.333. The minimum atomic E-state index is -0.138. The molecule has 0 aliphatic rings. The molecule has 3 aromatic rings. The molecule has 1 atom stereocenters. The molecule has 2 heterocycles. The van der Waals surface area contributed by atoms with Crippen LogP contribution in [0.1, 0.15) is 47.6 Å². The lowest BCUT2D eigenvalue weighted by atomic mass is 10.1. The summed E-state index contributed by atoms with van der Waals surface area (Å²) in [6, 6.07) is 14.2. The summed E-state index contributed by atoms with van der Waals surface area (Å²) in [6.45, 7) is 5.77. The van der Waals surface area contributed by atoms with E-state index in [-0.39, 0.29) is 11.9 Å². The van der Waals surface area contributed by atoms with Crippen molar-refractivity contribution in [2.45, 2.75) is 33.0 Å². The van der Waals surface area contributed by atoms with Crippen molar-refractivity contribution in [2.75, 3.05) is 13.6 Å². The lowest BCUT2D eigenvalue weighted by molar-refractivity contribution is 0.0796. The molecule has 0 spiro atoms. The first kappa shape index (κ1) is 18.9. The van der Waals surface area contributed by atoms with Crippen LogP contribution in [0.3, 0.4) is 0 Å². The molecule has 0 bridgehead atoms. The van der Waals surface area contributed by atoms with Crippen molar-refractivity contribution in [1.29, 1.82) is 0 Å². The maximum Gasteiger partial charge on any atom is 0.275 e. The monoisotopic (exact) mass is 367 g/mol. The van der Waals surface area contributed by atoms with Gasteiger partial charge in [-0.05, 0) is 31.5 Å². The SMILES string of the molecule is CCN(C)C(=O)c1coc(CN(Cc2ccco2)C(C)c2ccccc2)n1. The number of hydrogen-bond donors (Lipinski definition) is 0. The summed E-state index contributed by atoms with van der Waals surface area (Å²) in [5.41, 5.74) is 1.53. The van der Waals surface area contributed by atoms with E-state index in [9.17, 15) is 4.79 Å². The number of amides is 1. The summed E-state index contributed by atoms with van der Waals surface area (Å²) in [6.07, 6.45) is 3.10. The quantitative estimate of drug-likeness (QED) is 0.599. The summed E-state index contributed by atoms with van der Waals surface area (Å²) in [4.78, 5) is 20.5. The Bertz CT molecular complexity index is 843. The summed E-state index contributed by atoms with van der Waals surface area (Å²) in [7, 11) is 1.75. The lowest BCUT2D eigenvalue weighted by Crippen LogP contribution is -2.27. The van der Waals surface area contributed by atoms with Gasteiger partial charge in [0.25, 0.3) is 5.91 Å². The van der Waals surface area contributed by atoms with E-state index in [4.69, 9.17) is 8.83 Å². The molecular weight excluding hydrogens is 342 g/mol.